The highest BCUT2D eigenvalue weighted by Crippen LogP contribution is 2.27. The minimum absolute atomic E-state index is 0.296. The maximum absolute atomic E-state index is 9.22. The van der Waals surface area contributed by atoms with Crippen LogP contribution in [0, 0.1) is 18.3 Å². The van der Waals surface area contributed by atoms with Gasteiger partial charge < -0.3 is 5.32 Å². The highest BCUT2D eigenvalue weighted by Gasteiger charge is 2.10. The number of nitriles is 1. The van der Waals surface area contributed by atoms with E-state index in [0.717, 1.165) is 22.2 Å². The number of fused-ring (bicyclic) bond motifs is 1. The van der Waals surface area contributed by atoms with Crippen LogP contribution in [0.3, 0.4) is 0 Å². The number of benzene rings is 2. The van der Waals surface area contributed by atoms with Crippen molar-refractivity contribution in [2.45, 2.75) is 6.92 Å². The first-order valence-electron chi connectivity index (χ1n) is 6.27. The van der Waals surface area contributed by atoms with Gasteiger partial charge in [-0.3, -0.25) is 0 Å². The van der Waals surface area contributed by atoms with Crippen molar-refractivity contribution in [1.29, 1.82) is 5.26 Å². The molecule has 0 saturated heterocycles. The van der Waals surface area contributed by atoms with Crippen LogP contribution in [-0.4, -0.2) is 10.2 Å². The molecular formula is C16H12N4. The summed E-state index contributed by atoms with van der Waals surface area (Å²) in [5.41, 5.74) is 3.84. The van der Waals surface area contributed by atoms with E-state index in [1.165, 1.54) is 0 Å². The van der Waals surface area contributed by atoms with Gasteiger partial charge in [-0.15, -0.1) is 10.2 Å². The van der Waals surface area contributed by atoms with E-state index in [-0.39, 0.29) is 0 Å². The zero-order valence-corrected chi connectivity index (χ0v) is 11.0. The molecule has 2 aromatic carbocycles. The second-order valence-corrected chi connectivity index (χ2v) is 4.55. The maximum atomic E-state index is 9.22. The van der Waals surface area contributed by atoms with Gasteiger partial charge in [0.15, 0.2) is 5.69 Å². The molecule has 0 atom stereocenters. The number of rotatable bonds is 2. The van der Waals surface area contributed by atoms with Crippen LogP contribution in [0.5, 0.6) is 0 Å². The number of aromatic nitrogens is 2. The van der Waals surface area contributed by atoms with E-state index in [1.807, 2.05) is 55.5 Å². The van der Waals surface area contributed by atoms with Gasteiger partial charge in [0.05, 0.1) is 11.2 Å². The van der Waals surface area contributed by atoms with Crippen molar-refractivity contribution in [3.05, 3.63) is 59.8 Å². The summed E-state index contributed by atoms with van der Waals surface area (Å²) < 4.78 is 0. The van der Waals surface area contributed by atoms with Crippen LogP contribution in [0.1, 0.15) is 11.3 Å². The lowest BCUT2D eigenvalue weighted by molar-refractivity contribution is 1.05. The topological polar surface area (TPSA) is 61.6 Å². The second-order valence-electron chi connectivity index (χ2n) is 4.55. The molecule has 0 aliphatic carbocycles. The second kappa shape index (κ2) is 4.98. The average molecular weight is 260 g/mol. The van der Waals surface area contributed by atoms with Gasteiger partial charge in [0.25, 0.3) is 0 Å². The first kappa shape index (κ1) is 12.1. The van der Waals surface area contributed by atoms with Crippen LogP contribution in [-0.2, 0) is 0 Å². The fraction of sp³-hybridized carbons (Fsp3) is 0.0625. The van der Waals surface area contributed by atoms with Crippen molar-refractivity contribution >= 4 is 22.3 Å². The molecule has 0 radical (unpaired) electrons. The minimum atomic E-state index is 0.296. The Morgan fingerprint density at radius 1 is 1.05 bits per heavy atom. The molecular weight excluding hydrogens is 248 g/mol. The summed E-state index contributed by atoms with van der Waals surface area (Å²) in [6.07, 6.45) is 0. The van der Waals surface area contributed by atoms with Gasteiger partial charge in [0.1, 0.15) is 6.07 Å². The molecule has 0 aliphatic heterocycles. The Labute approximate surface area is 116 Å². The SMILES string of the molecule is Cc1cccc(Nc2c(C#N)nnc3ccccc23)c1. The van der Waals surface area contributed by atoms with Crippen molar-refractivity contribution in [2.75, 3.05) is 5.32 Å². The van der Waals surface area contributed by atoms with E-state index in [9.17, 15) is 5.26 Å². The summed E-state index contributed by atoms with van der Waals surface area (Å²) in [7, 11) is 0. The lowest BCUT2D eigenvalue weighted by Gasteiger charge is -2.10. The fourth-order valence-corrected chi connectivity index (χ4v) is 2.13. The zero-order valence-electron chi connectivity index (χ0n) is 11.0. The Kier molecular flexibility index (Phi) is 3.02. The third kappa shape index (κ3) is 2.17. The molecule has 0 unspecified atom stereocenters. The summed E-state index contributed by atoms with van der Waals surface area (Å²) in [6, 6.07) is 17.7. The number of nitrogens with zero attached hydrogens (tertiary/aromatic N) is 3. The number of anilines is 2. The summed E-state index contributed by atoms with van der Waals surface area (Å²) >= 11 is 0. The van der Waals surface area contributed by atoms with Crippen molar-refractivity contribution in [3.8, 4) is 6.07 Å². The first-order chi connectivity index (χ1) is 9.78. The van der Waals surface area contributed by atoms with Crippen LogP contribution < -0.4 is 5.32 Å². The summed E-state index contributed by atoms with van der Waals surface area (Å²) in [5, 5.41) is 21.4. The number of hydrogen-bond acceptors (Lipinski definition) is 4. The molecule has 1 aromatic heterocycles. The lowest BCUT2D eigenvalue weighted by Crippen LogP contribution is -1.99. The Bertz CT molecular complexity index is 818. The van der Waals surface area contributed by atoms with Crippen LogP contribution in [0.25, 0.3) is 10.9 Å². The van der Waals surface area contributed by atoms with E-state index < -0.39 is 0 Å². The monoisotopic (exact) mass is 260 g/mol. The van der Waals surface area contributed by atoms with Crippen molar-refractivity contribution in [1.82, 2.24) is 10.2 Å². The summed E-state index contributed by atoms with van der Waals surface area (Å²) in [4.78, 5) is 0. The molecule has 1 heterocycles. The number of aryl methyl sites for hydroxylation is 1. The standard InChI is InChI=1S/C16H12N4/c1-11-5-4-6-12(9-11)18-16-13-7-2-3-8-14(13)19-20-15(16)10-17/h2-9H,1H3,(H,18,19). The van der Waals surface area contributed by atoms with E-state index in [4.69, 9.17) is 0 Å². The minimum Gasteiger partial charge on any atom is -0.353 e. The Hall–Kier alpha value is -2.93. The molecule has 96 valence electrons. The van der Waals surface area contributed by atoms with Crippen LogP contribution in [0.4, 0.5) is 11.4 Å². The van der Waals surface area contributed by atoms with Crippen molar-refractivity contribution in [2.24, 2.45) is 0 Å². The zero-order chi connectivity index (χ0) is 13.9. The van der Waals surface area contributed by atoms with Gasteiger partial charge in [-0.1, -0.05) is 30.3 Å². The van der Waals surface area contributed by atoms with Gasteiger partial charge in [-0.2, -0.15) is 5.26 Å². The molecule has 0 aliphatic rings. The summed E-state index contributed by atoms with van der Waals surface area (Å²) in [6.45, 7) is 2.03. The van der Waals surface area contributed by atoms with Gasteiger partial charge in [-0.05, 0) is 30.7 Å². The highest BCUT2D eigenvalue weighted by atomic mass is 15.1. The Balaban J connectivity index is 2.17. The molecule has 0 fully saturated rings. The maximum Gasteiger partial charge on any atom is 0.187 e. The first-order valence-corrected chi connectivity index (χ1v) is 6.27. The molecule has 20 heavy (non-hydrogen) atoms. The van der Waals surface area contributed by atoms with E-state index in [1.54, 1.807) is 0 Å². The van der Waals surface area contributed by atoms with E-state index >= 15 is 0 Å². The molecule has 4 heteroatoms. The Morgan fingerprint density at radius 2 is 1.90 bits per heavy atom. The van der Waals surface area contributed by atoms with Crippen LogP contribution in [0.15, 0.2) is 48.5 Å². The van der Waals surface area contributed by atoms with E-state index in [2.05, 4.69) is 21.6 Å². The third-order valence-corrected chi connectivity index (χ3v) is 3.06. The fourth-order valence-electron chi connectivity index (χ4n) is 2.13. The smallest absolute Gasteiger partial charge is 0.187 e. The highest BCUT2D eigenvalue weighted by molar-refractivity contribution is 5.94. The molecule has 0 bridgehead atoms. The van der Waals surface area contributed by atoms with Crippen molar-refractivity contribution < 1.29 is 0 Å². The normalized spacial score (nSPS) is 10.2. The lowest BCUT2D eigenvalue weighted by atomic mass is 10.1. The molecule has 0 saturated carbocycles. The largest absolute Gasteiger partial charge is 0.353 e. The van der Waals surface area contributed by atoms with Gasteiger partial charge in [0.2, 0.25) is 0 Å². The third-order valence-electron chi connectivity index (χ3n) is 3.06. The van der Waals surface area contributed by atoms with Crippen molar-refractivity contribution in [3.63, 3.8) is 0 Å². The quantitative estimate of drug-likeness (QED) is 0.765. The molecule has 1 N–H and O–H groups in total. The number of hydrogen-bond donors (Lipinski definition) is 1. The molecule has 0 spiro atoms. The molecule has 0 amide bonds. The predicted molar refractivity (Wildman–Crippen MR) is 78.7 cm³/mol. The van der Waals surface area contributed by atoms with Gasteiger partial charge in [0, 0.05) is 11.1 Å². The molecule has 3 rings (SSSR count). The van der Waals surface area contributed by atoms with Crippen LogP contribution in [0.2, 0.25) is 0 Å². The number of nitrogens with one attached hydrogen (secondary N) is 1. The average Bonchev–Trinajstić information content (AvgIpc) is 2.48. The van der Waals surface area contributed by atoms with Gasteiger partial charge >= 0.3 is 0 Å². The summed E-state index contributed by atoms with van der Waals surface area (Å²) in [5.74, 6) is 0. The Morgan fingerprint density at radius 3 is 2.70 bits per heavy atom. The molecule has 4 nitrogen and oxygen atoms in total. The van der Waals surface area contributed by atoms with E-state index in [0.29, 0.717) is 11.4 Å². The van der Waals surface area contributed by atoms with Gasteiger partial charge in [-0.25, -0.2) is 0 Å². The molecule has 3 aromatic rings. The predicted octanol–water partition coefficient (Wildman–Crippen LogP) is 3.55. The van der Waals surface area contributed by atoms with Crippen LogP contribution >= 0.6 is 0 Å².